The van der Waals surface area contributed by atoms with Crippen molar-refractivity contribution in [1.82, 2.24) is 24.6 Å². The average molecular weight is 930 g/mol. The fourth-order valence-electron chi connectivity index (χ4n) is 5.43. The molecule has 5 rings (SSSR count). The topological polar surface area (TPSA) is 198 Å². The van der Waals surface area contributed by atoms with Crippen molar-refractivity contribution in [3.05, 3.63) is 74.1 Å². The molecule has 18 heteroatoms. The summed E-state index contributed by atoms with van der Waals surface area (Å²) < 4.78 is 53.6. The summed E-state index contributed by atoms with van der Waals surface area (Å²) in [5, 5.41) is 27.0. The second-order valence-corrected chi connectivity index (χ2v) is 14.9. The monoisotopic (exact) mass is 930 g/mol. The van der Waals surface area contributed by atoms with Gasteiger partial charge in [0.05, 0.1) is 19.8 Å². The minimum atomic E-state index is -4.41. The first kappa shape index (κ1) is 39.7. The molecule has 16 nitrogen and oxygen atoms in total. The van der Waals surface area contributed by atoms with Gasteiger partial charge in [-0.1, -0.05) is 42.5 Å². The number of carbonyl (C=O) groups is 1. The number of rotatable bonds is 20. The van der Waals surface area contributed by atoms with Crippen molar-refractivity contribution in [1.29, 1.82) is 0 Å². The van der Waals surface area contributed by atoms with Crippen molar-refractivity contribution in [2.24, 2.45) is 0 Å². The first-order valence-electron chi connectivity index (χ1n) is 16.6. The molecule has 0 saturated carbocycles. The van der Waals surface area contributed by atoms with Gasteiger partial charge in [-0.15, -0.1) is 6.58 Å². The first-order chi connectivity index (χ1) is 25.0. The van der Waals surface area contributed by atoms with Crippen LogP contribution in [-0.2, 0) is 28.1 Å². The molecule has 2 aromatic carbocycles. The third-order valence-electron chi connectivity index (χ3n) is 8.08. The van der Waals surface area contributed by atoms with Crippen molar-refractivity contribution >= 4 is 67.7 Å². The van der Waals surface area contributed by atoms with E-state index in [1.165, 1.54) is 24.7 Å². The van der Waals surface area contributed by atoms with Crippen LogP contribution in [0.15, 0.2) is 74.1 Å². The zero-order chi connectivity index (χ0) is 37.3. The van der Waals surface area contributed by atoms with Gasteiger partial charge in [-0.05, 0) is 18.4 Å². The van der Waals surface area contributed by atoms with Crippen molar-refractivity contribution in [2.75, 3.05) is 36.2 Å². The van der Waals surface area contributed by atoms with E-state index in [0.29, 0.717) is 75.6 Å². The summed E-state index contributed by atoms with van der Waals surface area (Å²) in [4.78, 5) is 26.2. The van der Waals surface area contributed by atoms with E-state index in [1.807, 2.05) is 18.2 Å². The molecule has 276 valence electrons. The average Bonchev–Trinajstić information content (AvgIpc) is 3.65. The maximum atomic E-state index is 14.5. The zero-order valence-corrected chi connectivity index (χ0v) is 34.3. The van der Waals surface area contributed by atoms with E-state index in [4.69, 9.17) is 28.0 Å². The molecule has 52 heavy (non-hydrogen) atoms. The van der Waals surface area contributed by atoms with Crippen LogP contribution in [0.25, 0.3) is 21.9 Å². The number of nitrogens with zero attached hydrogens (tertiary/aromatic N) is 4. The van der Waals surface area contributed by atoms with Gasteiger partial charge in [0.25, 0.3) is 0 Å². The number of aliphatic hydroxyl groups is 2. The number of imidazole rings is 1. The molecular formula is C34H42N6O10PTl. The zero-order valence-electron chi connectivity index (χ0n) is 28.9. The van der Waals surface area contributed by atoms with Crippen LogP contribution in [-0.4, -0.2) is 119 Å². The molecule has 1 fully saturated rings. The number of carbonyl (C=O) groups excluding carboxylic acids is 1. The SMILES string of the molecule is C=CCCOc1nc([NH][Tl])nc2c1ncn2C1OC(COP(=O)(N[C@@H](C)C(=O)OCCCOCC=C)Oc2cccc3ccccc23)[C@@H](O)[C@@]1(C)O. The van der Waals surface area contributed by atoms with Gasteiger partial charge in [-0.25, -0.2) is 0 Å². The first-order valence-corrected chi connectivity index (χ1v) is 20.4. The molecule has 1 saturated heterocycles. The molecule has 0 amide bonds. The van der Waals surface area contributed by atoms with Crippen LogP contribution in [0, 0.1) is 0 Å². The predicted octanol–water partition coefficient (Wildman–Crippen LogP) is 3.76. The van der Waals surface area contributed by atoms with E-state index in [0.717, 1.165) is 5.39 Å². The number of aromatic nitrogens is 4. The Balaban J connectivity index is 1.36. The van der Waals surface area contributed by atoms with Crippen LogP contribution in [0.5, 0.6) is 11.6 Å². The predicted molar refractivity (Wildman–Crippen MR) is 193 cm³/mol. The fraction of sp³-hybridized carbons (Fsp3) is 0.412. The van der Waals surface area contributed by atoms with Crippen molar-refractivity contribution in [2.45, 2.75) is 56.8 Å². The molecule has 1 aliphatic rings. The summed E-state index contributed by atoms with van der Waals surface area (Å²) in [5.41, 5.74) is -1.28. The molecule has 0 bridgehead atoms. The number of nitrogens with one attached hydrogen (secondary N) is 2. The Morgan fingerprint density at radius 1 is 1.17 bits per heavy atom. The van der Waals surface area contributed by atoms with Crippen LogP contribution in [0.2, 0.25) is 0 Å². The second-order valence-electron chi connectivity index (χ2n) is 12.0. The van der Waals surface area contributed by atoms with Gasteiger partial charge in [-0.3, -0.25) is 4.79 Å². The fourth-order valence-corrected chi connectivity index (χ4v) is 7.45. The van der Waals surface area contributed by atoms with E-state index in [1.54, 1.807) is 36.4 Å². The van der Waals surface area contributed by atoms with Crippen LogP contribution in [0.1, 0.15) is 32.9 Å². The van der Waals surface area contributed by atoms with Gasteiger partial charge in [0.15, 0.2) is 0 Å². The summed E-state index contributed by atoms with van der Waals surface area (Å²) in [7, 11) is -4.41. The quantitative estimate of drug-likeness (QED) is 0.0329. The molecule has 0 aliphatic carbocycles. The summed E-state index contributed by atoms with van der Waals surface area (Å²) >= 11 is 0.320. The summed E-state index contributed by atoms with van der Waals surface area (Å²) in [6.07, 6.45) is 1.82. The normalized spacial score (nSPS) is 21.7. The molecule has 0 radical (unpaired) electrons. The Hall–Kier alpha value is -3.49. The number of aliphatic hydroxyl groups excluding tert-OH is 1. The molecular weight excluding hydrogens is 888 g/mol. The van der Waals surface area contributed by atoms with E-state index >= 15 is 0 Å². The number of ether oxygens (including phenoxy) is 4. The van der Waals surface area contributed by atoms with E-state index in [9.17, 15) is 19.6 Å². The molecule has 0 spiro atoms. The Morgan fingerprint density at radius 3 is 2.73 bits per heavy atom. The van der Waals surface area contributed by atoms with Gasteiger partial charge < -0.3 is 9.47 Å². The third kappa shape index (κ3) is 9.35. The van der Waals surface area contributed by atoms with Gasteiger partial charge in [0.1, 0.15) is 11.8 Å². The summed E-state index contributed by atoms with van der Waals surface area (Å²) in [6, 6.07) is 11.4. The minimum absolute atomic E-state index is 0.0738. The second kappa shape index (κ2) is 18.0. The summed E-state index contributed by atoms with van der Waals surface area (Å²) in [5.74, 6) is 0.0711. The third-order valence-corrected chi connectivity index (χ3v) is 10.7. The van der Waals surface area contributed by atoms with E-state index in [2.05, 4.69) is 36.3 Å². The Kier molecular flexibility index (Phi) is 13.8. The van der Waals surface area contributed by atoms with Crippen molar-refractivity contribution in [3.8, 4) is 11.6 Å². The van der Waals surface area contributed by atoms with Gasteiger partial charge in [0.2, 0.25) is 0 Å². The number of benzene rings is 2. The molecule has 4 N–H and O–H groups in total. The van der Waals surface area contributed by atoms with Crippen molar-refractivity contribution in [3.63, 3.8) is 0 Å². The molecule has 3 unspecified atom stereocenters. The van der Waals surface area contributed by atoms with Crippen LogP contribution in [0.3, 0.4) is 0 Å². The van der Waals surface area contributed by atoms with Crippen molar-refractivity contribution < 1.29 is 47.6 Å². The number of fused-ring (bicyclic) bond motifs is 2. The number of esters is 1. The Morgan fingerprint density at radius 2 is 1.96 bits per heavy atom. The van der Waals surface area contributed by atoms with Crippen LogP contribution in [0.4, 0.5) is 5.95 Å². The maximum absolute atomic E-state index is 14.5. The van der Waals surface area contributed by atoms with E-state index < -0.39 is 50.4 Å². The van der Waals surface area contributed by atoms with Gasteiger partial charge in [0, 0.05) is 11.8 Å². The Bertz CT molecular complexity index is 1910. The number of hydrogen-bond acceptors (Lipinski definition) is 14. The molecule has 4 aromatic rings. The van der Waals surface area contributed by atoms with Crippen LogP contribution >= 0.6 is 7.75 Å². The number of anilines is 1. The summed E-state index contributed by atoms with van der Waals surface area (Å²) in [6.45, 7) is 10.8. The molecule has 2 aromatic heterocycles. The van der Waals surface area contributed by atoms with Gasteiger partial charge >= 0.3 is 193 Å². The molecule has 3 heterocycles. The van der Waals surface area contributed by atoms with Gasteiger partial charge in [-0.2, -0.15) is 0 Å². The van der Waals surface area contributed by atoms with Crippen LogP contribution < -0.4 is 17.5 Å². The Labute approximate surface area is 317 Å². The molecule has 6 atom stereocenters. The molecule has 1 aliphatic heterocycles. The van der Waals surface area contributed by atoms with E-state index in [-0.39, 0.29) is 23.9 Å². The number of hydrogen-bond donors (Lipinski definition) is 4. The standard InChI is InChI=1S/C34H42N6O10P.Tl/c1-5-7-18-46-30-27-29(37-33(35)38-30)40(21-36-27)32-34(4,43)28(41)26(49-32)20-48-51(44,39-22(3)31(42)47-19-11-17-45-16-6-2)50-25-15-10-13-23-12-8-9-14-24(23)25;/h5-6,8-10,12-15,21-22,26,28,32,41,43H,1-2,7,11,16-20H2,3-4H3,(H2-,35,37,38,39,44);/q-1;+1/t22-,26?,28+,32?,34+,51?;/m0./s1.